The average Bonchev–Trinajstić information content (AvgIpc) is 2.47. The Morgan fingerprint density at radius 3 is 2.76 bits per heavy atom. The molecule has 0 aromatic heterocycles. The summed E-state index contributed by atoms with van der Waals surface area (Å²) in [4.78, 5) is 2.48. The van der Waals surface area contributed by atoms with Gasteiger partial charge in [0.2, 0.25) is 0 Å². The van der Waals surface area contributed by atoms with E-state index in [1.165, 1.54) is 29.2 Å². The van der Waals surface area contributed by atoms with Crippen LogP contribution >= 0.6 is 0 Å². The van der Waals surface area contributed by atoms with Gasteiger partial charge in [0.05, 0.1) is 5.66 Å². The summed E-state index contributed by atoms with van der Waals surface area (Å²) in [7, 11) is 0. The Hall–Kier alpha value is -1.38. The summed E-state index contributed by atoms with van der Waals surface area (Å²) in [5.74, 6) is 0.758. The summed E-state index contributed by atoms with van der Waals surface area (Å²) in [5, 5.41) is 2.64. The summed E-state index contributed by atoms with van der Waals surface area (Å²) in [6, 6.07) is 15.1. The number of nitrogens with zero attached hydrogens (tertiary/aromatic N) is 1. The maximum atomic E-state index is 6.70. The molecule has 2 N–H and O–H groups in total. The Kier molecular flexibility index (Phi) is 4.01. The Bertz CT molecular complexity index is 612. The molecule has 0 saturated carbocycles. The van der Waals surface area contributed by atoms with Gasteiger partial charge in [0, 0.05) is 13.0 Å². The summed E-state index contributed by atoms with van der Waals surface area (Å²) in [5.41, 5.74) is 7.80. The van der Waals surface area contributed by atoms with Crippen LogP contribution in [-0.2, 0) is 6.42 Å². The highest BCUT2D eigenvalue weighted by Gasteiger charge is 2.31. The Morgan fingerprint density at radius 1 is 1.19 bits per heavy atom. The molecule has 0 spiro atoms. The molecule has 1 aliphatic rings. The van der Waals surface area contributed by atoms with Crippen molar-refractivity contribution in [3.8, 4) is 0 Å². The van der Waals surface area contributed by atoms with Crippen molar-refractivity contribution in [3.05, 3.63) is 48.0 Å². The number of rotatable bonds is 3. The van der Waals surface area contributed by atoms with E-state index < -0.39 is 0 Å². The monoisotopic (exact) mass is 282 g/mol. The van der Waals surface area contributed by atoms with E-state index in [2.05, 4.69) is 61.2 Å². The Labute approximate surface area is 127 Å². The molecule has 1 heterocycles. The van der Waals surface area contributed by atoms with E-state index in [9.17, 15) is 0 Å². The molecule has 2 aromatic rings. The highest BCUT2D eigenvalue weighted by atomic mass is 15.3. The van der Waals surface area contributed by atoms with Gasteiger partial charge in [-0.1, -0.05) is 49.4 Å². The third-order valence-electron chi connectivity index (χ3n) is 4.81. The number of hydrogen-bond acceptors (Lipinski definition) is 2. The minimum absolute atomic E-state index is 0.265. The molecule has 2 nitrogen and oxygen atoms in total. The van der Waals surface area contributed by atoms with Gasteiger partial charge in [0.15, 0.2) is 0 Å². The molecular formula is C19H26N2. The van der Waals surface area contributed by atoms with E-state index in [-0.39, 0.29) is 5.66 Å². The number of hydrogen-bond donors (Lipinski definition) is 1. The quantitative estimate of drug-likeness (QED) is 0.928. The van der Waals surface area contributed by atoms with Crippen LogP contribution in [0.2, 0.25) is 0 Å². The maximum absolute atomic E-state index is 6.70. The van der Waals surface area contributed by atoms with Crippen molar-refractivity contribution in [1.82, 2.24) is 4.90 Å². The van der Waals surface area contributed by atoms with E-state index in [4.69, 9.17) is 5.73 Å². The molecule has 0 aliphatic carbocycles. The fraction of sp³-hybridized carbons (Fsp3) is 0.474. The second kappa shape index (κ2) is 5.78. The minimum atomic E-state index is -0.265. The Balaban J connectivity index is 1.86. The molecule has 21 heavy (non-hydrogen) atoms. The van der Waals surface area contributed by atoms with Crippen LogP contribution in [0.3, 0.4) is 0 Å². The molecule has 2 aromatic carbocycles. The highest BCUT2D eigenvalue weighted by Crippen LogP contribution is 2.26. The van der Waals surface area contributed by atoms with Crippen LogP contribution in [0.4, 0.5) is 0 Å². The molecule has 2 atom stereocenters. The van der Waals surface area contributed by atoms with Crippen molar-refractivity contribution in [2.24, 2.45) is 11.7 Å². The van der Waals surface area contributed by atoms with Gasteiger partial charge in [-0.05, 0) is 48.6 Å². The average molecular weight is 282 g/mol. The molecular weight excluding hydrogens is 256 g/mol. The molecule has 2 unspecified atom stereocenters. The van der Waals surface area contributed by atoms with E-state index in [0.29, 0.717) is 0 Å². The van der Waals surface area contributed by atoms with E-state index in [1.807, 2.05) is 0 Å². The third-order valence-corrected chi connectivity index (χ3v) is 4.81. The van der Waals surface area contributed by atoms with E-state index in [0.717, 1.165) is 25.4 Å². The van der Waals surface area contributed by atoms with Gasteiger partial charge < -0.3 is 5.73 Å². The summed E-state index contributed by atoms with van der Waals surface area (Å²) in [6.45, 7) is 6.77. The van der Waals surface area contributed by atoms with Crippen LogP contribution in [0.5, 0.6) is 0 Å². The van der Waals surface area contributed by atoms with Crippen LogP contribution in [0.25, 0.3) is 10.8 Å². The predicted octanol–water partition coefficient (Wildman–Crippen LogP) is 3.79. The van der Waals surface area contributed by atoms with Gasteiger partial charge in [0.25, 0.3) is 0 Å². The highest BCUT2D eigenvalue weighted by molar-refractivity contribution is 5.85. The van der Waals surface area contributed by atoms with Gasteiger partial charge in [-0.3, -0.25) is 4.90 Å². The normalized spacial score (nSPS) is 23.1. The zero-order chi connectivity index (χ0) is 14.9. The van der Waals surface area contributed by atoms with Gasteiger partial charge in [-0.15, -0.1) is 0 Å². The van der Waals surface area contributed by atoms with Crippen LogP contribution < -0.4 is 5.73 Å². The predicted molar refractivity (Wildman–Crippen MR) is 90.2 cm³/mol. The van der Waals surface area contributed by atoms with Crippen LogP contribution in [0, 0.1) is 5.92 Å². The van der Waals surface area contributed by atoms with Crippen molar-refractivity contribution in [3.63, 3.8) is 0 Å². The molecule has 0 radical (unpaired) electrons. The molecule has 0 bridgehead atoms. The number of likely N-dealkylation sites (tertiary alicyclic amines) is 1. The lowest BCUT2D eigenvalue weighted by Gasteiger charge is -2.43. The standard InChI is InChI=1S/C19H26N2/c1-15-7-6-12-21(14-15)19(2,20)13-17-10-5-9-16-8-3-4-11-18(16)17/h3-5,8-11,15H,6-7,12-14,20H2,1-2H3. The molecule has 3 rings (SSSR count). The second-order valence-electron chi connectivity index (χ2n) is 6.87. The number of benzene rings is 2. The second-order valence-corrected chi connectivity index (χ2v) is 6.87. The smallest absolute Gasteiger partial charge is 0.0699 e. The molecule has 1 aliphatic heterocycles. The summed E-state index contributed by atoms with van der Waals surface area (Å²) < 4.78 is 0. The van der Waals surface area contributed by atoms with Crippen LogP contribution in [0.1, 0.15) is 32.3 Å². The number of fused-ring (bicyclic) bond motifs is 1. The first-order valence-electron chi connectivity index (χ1n) is 8.07. The number of nitrogens with two attached hydrogens (primary N) is 1. The van der Waals surface area contributed by atoms with Crippen LogP contribution in [0.15, 0.2) is 42.5 Å². The third kappa shape index (κ3) is 3.12. The van der Waals surface area contributed by atoms with E-state index in [1.54, 1.807) is 0 Å². The lowest BCUT2D eigenvalue weighted by atomic mass is 9.92. The van der Waals surface area contributed by atoms with Gasteiger partial charge in [0.1, 0.15) is 0 Å². The fourth-order valence-corrected chi connectivity index (χ4v) is 3.60. The van der Waals surface area contributed by atoms with Crippen molar-refractivity contribution in [1.29, 1.82) is 0 Å². The topological polar surface area (TPSA) is 29.3 Å². The lowest BCUT2D eigenvalue weighted by Crippen LogP contribution is -2.58. The first-order chi connectivity index (χ1) is 10.1. The van der Waals surface area contributed by atoms with Gasteiger partial charge in [-0.2, -0.15) is 0 Å². The molecule has 1 fully saturated rings. The molecule has 1 saturated heterocycles. The molecule has 112 valence electrons. The maximum Gasteiger partial charge on any atom is 0.0699 e. The zero-order valence-electron chi connectivity index (χ0n) is 13.2. The molecule has 2 heteroatoms. The Morgan fingerprint density at radius 2 is 1.95 bits per heavy atom. The largest absolute Gasteiger partial charge is 0.313 e. The fourth-order valence-electron chi connectivity index (χ4n) is 3.60. The van der Waals surface area contributed by atoms with Gasteiger partial charge in [-0.25, -0.2) is 0 Å². The minimum Gasteiger partial charge on any atom is -0.313 e. The number of piperidine rings is 1. The van der Waals surface area contributed by atoms with E-state index >= 15 is 0 Å². The first-order valence-corrected chi connectivity index (χ1v) is 8.07. The van der Waals surface area contributed by atoms with Crippen molar-refractivity contribution >= 4 is 10.8 Å². The van der Waals surface area contributed by atoms with Crippen molar-refractivity contribution in [2.75, 3.05) is 13.1 Å². The SMILES string of the molecule is CC1CCCN(C(C)(N)Cc2cccc3ccccc23)C1. The molecule has 0 amide bonds. The summed E-state index contributed by atoms with van der Waals surface area (Å²) in [6.07, 6.45) is 3.51. The first kappa shape index (κ1) is 14.6. The summed E-state index contributed by atoms with van der Waals surface area (Å²) >= 11 is 0. The lowest BCUT2D eigenvalue weighted by molar-refractivity contribution is 0.0629. The zero-order valence-corrected chi connectivity index (χ0v) is 13.2. The van der Waals surface area contributed by atoms with Crippen LogP contribution in [-0.4, -0.2) is 23.7 Å². The van der Waals surface area contributed by atoms with Crippen molar-refractivity contribution < 1.29 is 0 Å². The van der Waals surface area contributed by atoms with Gasteiger partial charge >= 0.3 is 0 Å². The van der Waals surface area contributed by atoms with Crippen molar-refractivity contribution in [2.45, 2.75) is 38.8 Å².